The zero-order valence-corrected chi connectivity index (χ0v) is 11.7. The number of nitrogens with two attached hydrogens (primary N) is 1. The van der Waals surface area contributed by atoms with Crippen LogP contribution in [0.25, 0.3) is 0 Å². The molecule has 0 heterocycles. The average molecular weight is 250 g/mol. The minimum atomic E-state index is -0.225. The van der Waals surface area contributed by atoms with E-state index in [9.17, 15) is 4.79 Å². The predicted molar refractivity (Wildman–Crippen MR) is 73.9 cm³/mol. The number of carbonyl (C=O) groups is 1. The van der Waals surface area contributed by atoms with E-state index in [1.807, 2.05) is 39.8 Å². The number of rotatable bonds is 4. The van der Waals surface area contributed by atoms with Gasteiger partial charge < -0.3 is 15.8 Å². The largest absolute Gasteiger partial charge is 0.496 e. The van der Waals surface area contributed by atoms with Crippen LogP contribution in [-0.4, -0.2) is 19.1 Å². The van der Waals surface area contributed by atoms with Gasteiger partial charge in [-0.25, -0.2) is 0 Å². The van der Waals surface area contributed by atoms with Crippen LogP contribution in [0.15, 0.2) is 12.1 Å². The highest BCUT2D eigenvalue weighted by Crippen LogP contribution is 2.29. The Bertz CT molecular complexity index is 442. The fraction of sp³-hybridized carbons (Fsp3) is 0.500. The van der Waals surface area contributed by atoms with Gasteiger partial charge in [0.05, 0.1) is 13.0 Å². The molecule has 0 radical (unpaired) electrons. The van der Waals surface area contributed by atoms with E-state index in [0.717, 1.165) is 22.6 Å². The summed E-state index contributed by atoms with van der Waals surface area (Å²) in [6.07, 6.45) is 0. The predicted octanol–water partition coefficient (Wildman–Crippen LogP) is 2.23. The topological polar surface area (TPSA) is 64.3 Å². The van der Waals surface area contributed by atoms with Gasteiger partial charge in [0.2, 0.25) is 5.91 Å². The quantitative estimate of drug-likeness (QED) is 0.861. The van der Waals surface area contributed by atoms with Gasteiger partial charge in [0.25, 0.3) is 0 Å². The van der Waals surface area contributed by atoms with Gasteiger partial charge in [0, 0.05) is 17.3 Å². The molecular formula is C14H22N2O2. The summed E-state index contributed by atoms with van der Waals surface area (Å²) in [5.74, 6) is 0.511. The summed E-state index contributed by atoms with van der Waals surface area (Å²) in [5, 5.41) is 2.89. The number of nitrogens with one attached hydrogen (secondary N) is 1. The van der Waals surface area contributed by atoms with E-state index in [2.05, 4.69) is 5.32 Å². The molecule has 100 valence electrons. The van der Waals surface area contributed by atoms with E-state index in [1.54, 1.807) is 7.11 Å². The van der Waals surface area contributed by atoms with E-state index in [4.69, 9.17) is 10.5 Å². The first-order valence-corrected chi connectivity index (χ1v) is 6.09. The monoisotopic (exact) mass is 250 g/mol. The van der Waals surface area contributed by atoms with Crippen LogP contribution in [-0.2, 0) is 4.79 Å². The van der Waals surface area contributed by atoms with E-state index in [0.29, 0.717) is 0 Å². The molecule has 0 bridgehead atoms. The lowest BCUT2D eigenvalue weighted by molar-refractivity contribution is -0.119. The average Bonchev–Trinajstić information content (AvgIpc) is 2.32. The van der Waals surface area contributed by atoms with Crippen LogP contribution in [0.3, 0.4) is 0 Å². The van der Waals surface area contributed by atoms with E-state index in [-0.39, 0.29) is 17.9 Å². The maximum atomic E-state index is 12.0. The van der Waals surface area contributed by atoms with Crippen molar-refractivity contribution in [3.05, 3.63) is 23.3 Å². The van der Waals surface area contributed by atoms with Gasteiger partial charge in [0.15, 0.2) is 0 Å². The zero-order chi connectivity index (χ0) is 13.9. The smallest absolute Gasteiger partial charge is 0.228 e. The maximum absolute atomic E-state index is 12.0. The third kappa shape index (κ3) is 3.01. The molecule has 0 aliphatic carbocycles. The Morgan fingerprint density at radius 2 is 1.94 bits per heavy atom. The van der Waals surface area contributed by atoms with Crippen LogP contribution in [0.2, 0.25) is 0 Å². The summed E-state index contributed by atoms with van der Waals surface area (Å²) in [6, 6.07) is 3.65. The van der Waals surface area contributed by atoms with Crippen molar-refractivity contribution in [1.82, 2.24) is 0 Å². The summed E-state index contributed by atoms with van der Waals surface area (Å²) in [4.78, 5) is 12.0. The van der Waals surface area contributed by atoms with Crippen molar-refractivity contribution in [3.8, 4) is 5.75 Å². The zero-order valence-electron chi connectivity index (χ0n) is 11.7. The Morgan fingerprint density at radius 1 is 1.33 bits per heavy atom. The highest BCUT2D eigenvalue weighted by molar-refractivity contribution is 5.93. The van der Waals surface area contributed by atoms with Gasteiger partial charge in [-0.05, 0) is 32.4 Å². The minimum Gasteiger partial charge on any atom is -0.496 e. The Balaban J connectivity index is 2.96. The van der Waals surface area contributed by atoms with E-state index < -0.39 is 0 Å². The first-order valence-electron chi connectivity index (χ1n) is 6.09. The highest BCUT2D eigenvalue weighted by Gasteiger charge is 2.18. The van der Waals surface area contributed by atoms with Crippen molar-refractivity contribution in [2.24, 2.45) is 11.7 Å². The number of hydrogen-bond acceptors (Lipinski definition) is 3. The lowest BCUT2D eigenvalue weighted by Crippen LogP contribution is -2.34. The van der Waals surface area contributed by atoms with Gasteiger partial charge >= 0.3 is 0 Å². The minimum absolute atomic E-state index is 0.0704. The molecular weight excluding hydrogens is 228 g/mol. The van der Waals surface area contributed by atoms with Crippen molar-refractivity contribution in [2.75, 3.05) is 12.4 Å². The van der Waals surface area contributed by atoms with Crippen molar-refractivity contribution in [2.45, 2.75) is 33.7 Å². The number of benzene rings is 1. The number of carbonyl (C=O) groups excluding carboxylic acids is 1. The standard InChI is InChI=1S/C14H22N2O2/c1-8-6-7-12(10(3)13(8)18-5)16-14(17)9(2)11(4)15/h6-7,9,11H,15H2,1-5H3,(H,16,17). The Kier molecular flexibility index (Phi) is 4.73. The van der Waals surface area contributed by atoms with Crippen molar-refractivity contribution in [1.29, 1.82) is 0 Å². The second kappa shape index (κ2) is 5.87. The second-order valence-corrected chi connectivity index (χ2v) is 4.73. The number of hydrogen-bond donors (Lipinski definition) is 2. The van der Waals surface area contributed by atoms with Gasteiger partial charge in [-0.15, -0.1) is 0 Å². The molecule has 0 saturated heterocycles. The first-order chi connectivity index (χ1) is 8.38. The Morgan fingerprint density at radius 3 is 2.44 bits per heavy atom. The molecule has 0 aromatic heterocycles. The summed E-state index contributed by atoms with van der Waals surface area (Å²) < 4.78 is 5.33. The number of anilines is 1. The fourth-order valence-electron chi connectivity index (χ4n) is 1.76. The molecule has 1 rings (SSSR count). The summed E-state index contributed by atoms with van der Waals surface area (Å²) >= 11 is 0. The molecule has 4 nitrogen and oxygen atoms in total. The summed E-state index contributed by atoms with van der Waals surface area (Å²) in [5.41, 5.74) is 8.48. The molecule has 2 unspecified atom stereocenters. The van der Waals surface area contributed by atoms with Crippen LogP contribution in [0.4, 0.5) is 5.69 Å². The van der Waals surface area contributed by atoms with E-state index >= 15 is 0 Å². The number of methoxy groups -OCH3 is 1. The number of amides is 1. The summed E-state index contributed by atoms with van der Waals surface area (Å²) in [6.45, 7) is 7.55. The molecule has 1 aromatic carbocycles. The summed E-state index contributed by atoms with van der Waals surface area (Å²) in [7, 11) is 1.63. The fourth-order valence-corrected chi connectivity index (χ4v) is 1.76. The van der Waals surface area contributed by atoms with Gasteiger partial charge in [0.1, 0.15) is 5.75 Å². The first kappa shape index (κ1) is 14.5. The Labute approximate surface area is 109 Å². The molecule has 0 spiro atoms. The molecule has 3 N–H and O–H groups in total. The van der Waals surface area contributed by atoms with Crippen LogP contribution in [0, 0.1) is 19.8 Å². The molecule has 0 aliphatic heterocycles. The lowest BCUT2D eigenvalue weighted by Gasteiger charge is -2.18. The molecule has 2 atom stereocenters. The third-order valence-corrected chi connectivity index (χ3v) is 3.27. The molecule has 0 aliphatic rings. The van der Waals surface area contributed by atoms with Crippen LogP contribution in [0.5, 0.6) is 5.75 Å². The molecule has 4 heteroatoms. The SMILES string of the molecule is COc1c(C)ccc(NC(=O)C(C)C(C)N)c1C. The maximum Gasteiger partial charge on any atom is 0.228 e. The molecule has 1 aromatic rings. The number of ether oxygens (including phenoxy) is 1. The van der Waals surface area contributed by atoms with Crippen LogP contribution >= 0.6 is 0 Å². The van der Waals surface area contributed by atoms with Crippen molar-refractivity contribution < 1.29 is 9.53 Å². The molecule has 0 saturated carbocycles. The third-order valence-electron chi connectivity index (χ3n) is 3.27. The van der Waals surface area contributed by atoms with Crippen molar-refractivity contribution in [3.63, 3.8) is 0 Å². The number of aryl methyl sites for hydroxylation is 1. The van der Waals surface area contributed by atoms with Gasteiger partial charge in [-0.3, -0.25) is 4.79 Å². The second-order valence-electron chi connectivity index (χ2n) is 4.73. The highest BCUT2D eigenvalue weighted by atomic mass is 16.5. The van der Waals surface area contributed by atoms with Crippen LogP contribution < -0.4 is 15.8 Å². The van der Waals surface area contributed by atoms with Gasteiger partial charge in [-0.2, -0.15) is 0 Å². The molecule has 18 heavy (non-hydrogen) atoms. The van der Waals surface area contributed by atoms with Crippen molar-refractivity contribution >= 4 is 11.6 Å². The normalized spacial score (nSPS) is 13.9. The molecule has 0 fully saturated rings. The van der Waals surface area contributed by atoms with Gasteiger partial charge in [-0.1, -0.05) is 13.0 Å². The Hall–Kier alpha value is -1.55. The lowest BCUT2D eigenvalue weighted by atomic mass is 10.0. The van der Waals surface area contributed by atoms with Crippen LogP contribution in [0.1, 0.15) is 25.0 Å². The van der Waals surface area contributed by atoms with E-state index in [1.165, 1.54) is 0 Å². The molecule has 1 amide bonds.